The van der Waals surface area contributed by atoms with Crippen LogP contribution in [0.25, 0.3) is 33.8 Å². The third-order valence-corrected chi connectivity index (χ3v) is 5.25. The second-order valence-electron chi connectivity index (χ2n) is 7.21. The van der Waals surface area contributed by atoms with Crippen LogP contribution in [0.3, 0.4) is 0 Å². The smallest absolute Gasteiger partial charge is 0.239 e. The number of hydrogen-bond acceptors (Lipinski definition) is 3. The van der Waals surface area contributed by atoms with Crippen LogP contribution < -0.4 is 14.0 Å². The highest BCUT2D eigenvalue weighted by atomic mass is 16.5. The summed E-state index contributed by atoms with van der Waals surface area (Å²) < 4.78 is 12.9. The van der Waals surface area contributed by atoms with E-state index in [1.165, 1.54) is 0 Å². The van der Waals surface area contributed by atoms with Crippen molar-refractivity contribution in [2.45, 2.75) is 6.92 Å². The molecule has 4 aromatic rings. The summed E-state index contributed by atoms with van der Waals surface area (Å²) in [5.41, 5.74) is 7.29. The van der Waals surface area contributed by atoms with Gasteiger partial charge >= 0.3 is 0 Å². The van der Waals surface area contributed by atoms with Crippen LogP contribution in [0.4, 0.5) is 0 Å². The Balaban J connectivity index is 1.96. The first kappa shape index (κ1) is 19.6. The van der Waals surface area contributed by atoms with E-state index in [-0.39, 0.29) is 0 Å². The molecule has 0 radical (unpaired) electrons. The second-order valence-corrected chi connectivity index (χ2v) is 7.21. The van der Waals surface area contributed by atoms with Crippen LogP contribution in [0.15, 0.2) is 79.0 Å². The SMILES string of the molecule is COc1ccc(-c2nc(-c3ccccc3)c[n+](C)c2-c2ccc(OC)cc2C)cc1. The van der Waals surface area contributed by atoms with Gasteiger partial charge in [0, 0.05) is 11.1 Å². The topological polar surface area (TPSA) is 35.2 Å². The summed E-state index contributed by atoms with van der Waals surface area (Å²) in [6.07, 6.45) is 2.08. The van der Waals surface area contributed by atoms with Crippen LogP contribution in [0, 0.1) is 6.92 Å². The molecule has 3 aromatic carbocycles. The van der Waals surface area contributed by atoms with Gasteiger partial charge in [-0.15, -0.1) is 0 Å². The van der Waals surface area contributed by atoms with E-state index in [0.717, 1.165) is 50.8 Å². The van der Waals surface area contributed by atoms with Crippen molar-refractivity contribution >= 4 is 0 Å². The van der Waals surface area contributed by atoms with Crippen molar-refractivity contribution in [1.82, 2.24) is 4.98 Å². The molecule has 0 aliphatic carbocycles. The number of nitrogens with zero attached hydrogens (tertiary/aromatic N) is 2. The Morgan fingerprint density at radius 1 is 0.767 bits per heavy atom. The number of ether oxygens (including phenoxy) is 2. The Labute approximate surface area is 177 Å². The molecule has 0 spiro atoms. The largest absolute Gasteiger partial charge is 0.497 e. The number of methoxy groups -OCH3 is 2. The molecule has 4 heteroatoms. The monoisotopic (exact) mass is 397 g/mol. The third kappa shape index (κ3) is 3.77. The van der Waals surface area contributed by atoms with E-state index in [1.807, 2.05) is 36.4 Å². The Morgan fingerprint density at radius 2 is 1.43 bits per heavy atom. The van der Waals surface area contributed by atoms with E-state index in [4.69, 9.17) is 14.5 Å². The zero-order valence-electron chi connectivity index (χ0n) is 17.7. The molecule has 0 unspecified atom stereocenters. The van der Waals surface area contributed by atoms with Gasteiger partial charge in [-0.25, -0.2) is 4.98 Å². The van der Waals surface area contributed by atoms with E-state index in [2.05, 4.69) is 61.1 Å². The summed E-state index contributed by atoms with van der Waals surface area (Å²) in [6, 6.07) is 24.4. The van der Waals surface area contributed by atoms with Crippen molar-refractivity contribution in [2.75, 3.05) is 14.2 Å². The van der Waals surface area contributed by atoms with Crippen molar-refractivity contribution < 1.29 is 14.0 Å². The fourth-order valence-corrected chi connectivity index (χ4v) is 3.66. The molecule has 4 nitrogen and oxygen atoms in total. The van der Waals surface area contributed by atoms with Gasteiger partial charge in [0.2, 0.25) is 5.69 Å². The Hall–Kier alpha value is -3.66. The Kier molecular flexibility index (Phi) is 5.48. The van der Waals surface area contributed by atoms with Crippen molar-refractivity contribution in [2.24, 2.45) is 7.05 Å². The summed E-state index contributed by atoms with van der Waals surface area (Å²) in [5.74, 6) is 1.67. The van der Waals surface area contributed by atoms with Gasteiger partial charge in [0.1, 0.15) is 29.9 Å². The minimum Gasteiger partial charge on any atom is -0.497 e. The lowest BCUT2D eigenvalue weighted by Gasteiger charge is -2.13. The summed E-state index contributed by atoms with van der Waals surface area (Å²) in [5, 5.41) is 0. The first-order valence-electron chi connectivity index (χ1n) is 9.86. The predicted octanol–water partition coefficient (Wildman–Crippen LogP) is 5.23. The molecule has 4 rings (SSSR count). The molecule has 0 N–H and O–H groups in total. The quantitative estimate of drug-likeness (QED) is 0.433. The molecule has 1 heterocycles. The standard InChI is InChI=1S/C26H25N2O2/c1-18-16-22(30-4)14-15-23(18)26-25(20-10-12-21(29-3)13-11-20)27-24(17-28(26)2)19-8-6-5-7-9-19/h5-17H,1-4H3/q+1. The lowest BCUT2D eigenvalue weighted by atomic mass is 9.99. The lowest BCUT2D eigenvalue weighted by molar-refractivity contribution is -0.659. The number of benzene rings is 3. The maximum absolute atomic E-state index is 5.40. The molecule has 1 aromatic heterocycles. The van der Waals surface area contributed by atoms with E-state index in [1.54, 1.807) is 14.2 Å². The number of aryl methyl sites for hydroxylation is 2. The van der Waals surface area contributed by atoms with Crippen LogP contribution >= 0.6 is 0 Å². The highest BCUT2D eigenvalue weighted by Crippen LogP contribution is 2.33. The molecule has 30 heavy (non-hydrogen) atoms. The maximum atomic E-state index is 5.40. The van der Waals surface area contributed by atoms with Gasteiger partial charge in [-0.3, -0.25) is 0 Å². The van der Waals surface area contributed by atoms with Gasteiger partial charge < -0.3 is 9.47 Å². The maximum Gasteiger partial charge on any atom is 0.239 e. The Morgan fingerprint density at radius 3 is 2.07 bits per heavy atom. The van der Waals surface area contributed by atoms with E-state index >= 15 is 0 Å². The molecule has 0 saturated heterocycles. The molecule has 0 saturated carbocycles. The number of aromatic nitrogens is 2. The predicted molar refractivity (Wildman–Crippen MR) is 120 cm³/mol. The molecule has 0 aliphatic heterocycles. The molecule has 150 valence electrons. The minimum absolute atomic E-state index is 0.824. The molecule has 0 aliphatic rings. The highest BCUT2D eigenvalue weighted by Gasteiger charge is 2.23. The van der Waals surface area contributed by atoms with E-state index in [0.29, 0.717) is 0 Å². The zero-order valence-corrected chi connectivity index (χ0v) is 17.7. The Bertz CT molecular complexity index is 1170. The fourth-order valence-electron chi connectivity index (χ4n) is 3.66. The molecule has 0 atom stereocenters. The molecule has 0 bridgehead atoms. The fraction of sp³-hybridized carbons (Fsp3) is 0.154. The van der Waals surface area contributed by atoms with Crippen LogP contribution in [0.2, 0.25) is 0 Å². The second kappa shape index (κ2) is 8.37. The first-order valence-corrected chi connectivity index (χ1v) is 9.86. The van der Waals surface area contributed by atoms with Gasteiger partial charge in [0.05, 0.1) is 19.8 Å². The number of hydrogen-bond donors (Lipinski definition) is 0. The van der Waals surface area contributed by atoms with Crippen molar-refractivity contribution in [1.29, 1.82) is 0 Å². The van der Waals surface area contributed by atoms with Crippen LogP contribution in [0.5, 0.6) is 11.5 Å². The van der Waals surface area contributed by atoms with E-state index in [9.17, 15) is 0 Å². The minimum atomic E-state index is 0.824. The van der Waals surface area contributed by atoms with Crippen molar-refractivity contribution in [3.63, 3.8) is 0 Å². The van der Waals surface area contributed by atoms with Crippen LogP contribution in [-0.2, 0) is 7.05 Å². The first-order chi connectivity index (χ1) is 14.6. The lowest BCUT2D eigenvalue weighted by Crippen LogP contribution is -2.32. The normalized spacial score (nSPS) is 10.7. The molecular formula is C26H25N2O2+. The average molecular weight is 397 g/mol. The van der Waals surface area contributed by atoms with Crippen molar-refractivity contribution in [3.05, 3.63) is 84.6 Å². The van der Waals surface area contributed by atoms with Gasteiger partial charge in [-0.05, 0) is 55.0 Å². The van der Waals surface area contributed by atoms with Gasteiger partial charge in [0.25, 0.3) is 0 Å². The van der Waals surface area contributed by atoms with Gasteiger partial charge in [-0.1, -0.05) is 30.3 Å². The summed E-state index contributed by atoms with van der Waals surface area (Å²) in [7, 11) is 5.43. The van der Waals surface area contributed by atoms with Crippen LogP contribution in [-0.4, -0.2) is 19.2 Å². The van der Waals surface area contributed by atoms with Gasteiger partial charge in [0.15, 0.2) is 6.20 Å². The average Bonchev–Trinajstić information content (AvgIpc) is 2.79. The van der Waals surface area contributed by atoms with E-state index < -0.39 is 0 Å². The number of rotatable bonds is 5. The zero-order chi connectivity index (χ0) is 21.1. The van der Waals surface area contributed by atoms with Crippen molar-refractivity contribution in [3.8, 4) is 45.3 Å². The summed E-state index contributed by atoms with van der Waals surface area (Å²) >= 11 is 0. The molecule has 0 fully saturated rings. The molecular weight excluding hydrogens is 372 g/mol. The molecule has 0 amide bonds. The highest BCUT2D eigenvalue weighted by molar-refractivity contribution is 5.79. The summed E-state index contributed by atoms with van der Waals surface area (Å²) in [4.78, 5) is 5.10. The summed E-state index contributed by atoms with van der Waals surface area (Å²) in [6.45, 7) is 2.10. The van der Waals surface area contributed by atoms with Gasteiger partial charge in [-0.2, -0.15) is 4.57 Å². The third-order valence-electron chi connectivity index (χ3n) is 5.25. The van der Waals surface area contributed by atoms with Crippen LogP contribution in [0.1, 0.15) is 5.56 Å².